The molecule has 1 amide bonds. The minimum atomic E-state index is -1.01. The Morgan fingerprint density at radius 2 is 2.00 bits per heavy atom. The van der Waals surface area contributed by atoms with Crippen LogP contribution in [0.2, 0.25) is 0 Å². The Bertz CT molecular complexity index is 498. The van der Waals surface area contributed by atoms with Gasteiger partial charge in [-0.05, 0) is 29.2 Å². The molecule has 4 nitrogen and oxygen atoms in total. The summed E-state index contributed by atoms with van der Waals surface area (Å²) < 4.78 is 0. The number of hydrogen-bond acceptors (Lipinski definition) is 2. The van der Waals surface area contributed by atoms with Crippen LogP contribution in [0.25, 0.3) is 6.08 Å². The van der Waals surface area contributed by atoms with Crippen molar-refractivity contribution in [3.8, 4) is 0 Å². The smallest absolute Gasteiger partial charge is 0.328 e. The molecule has 0 bridgehead atoms. The summed E-state index contributed by atoms with van der Waals surface area (Å²) in [6.07, 6.45) is 2.51. The molecule has 0 heterocycles. The van der Waals surface area contributed by atoms with Gasteiger partial charge in [-0.15, -0.1) is 0 Å². The largest absolute Gasteiger partial charge is 0.478 e. The number of carboxylic acids is 1. The number of nitrogens with one attached hydrogen (secondary N) is 1. The SMILES string of the molecule is CC(C)(C)CNC(=O)c1cccc(/C=C/C(=O)O)c1. The fourth-order valence-electron chi connectivity index (χ4n) is 1.40. The van der Waals surface area contributed by atoms with Crippen molar-refractivity contribution in [1.29, 1.82) is 0 Å². The highest BCUT2D eigenvalue weighted by Gasteiger charge is 2.12. The van der Waals surface area contributed by atoms with Gasteiger partial charge in [-0.1, -0.05) is 32.9 Å². The number of benzene rings is 1. The van der Waals surface area contributed by atoms with Crippen molar-refractivity contribution < 1.29 is 14.7 Å². The zero-order valence-electron chi connectivity index (χ0n) is 11.4. The van der Waals surface area contributed by atoms with E-state index in [4.69, 9.17) is 5.11 Å². The van der Waals surface area contributed by atoms with Crippen LogP contribution >= 0.6 is 0 Å². The molecule has 0 atom stereocenters. The van der Waals surface area contributed by atoms with Crippen LogP contribution in [0.5, 0.6) is 0 Å². The van der Waals surface area contributed by atoms with Crippen molar-refractivity contribution >= 4 is 18.0 Å². The molecule has 0 aliphatic carbocycles. The lowest BCUT2D eigenvalue weighted by molar-refractivity contribution is -0.131. The minimum absolute atomic E-state index is 0.0243. The Kier molecular flexibility index (Phi) is 4.87. The van der Waals surface area contributed by atoms with Crippen molar-refractivity contribution in [3.05, 3.63) is 41.5 Å². The molecule has 19 heavy (non-hydrogen) atoms. The van der Waals surface area contributed by atoms with Gasteiger partial charge in [0.25, 0.3) is 5.91 Å². The summed E-state index contributed by atoms with van der Waals surface area (Å²) in [5.41, 5.74) is 1.24. The van der Waals surface area contributed by atoms with Gasteiger partial charge < -0.3 is 10.4 Å². The Labute approximate surface area is 113 Å². The van der Waals surface area contributed by atoms with Crippen LogP contribution in [0.1, 0.15) is 36.7 Å². The number of amides is 1. The maximum absolute atomic E-state index is 11.9. The summed E-state index contributed by atoms with van der Waals surface area (Å²) >= 11 is 0. The molecule has 2 N–H and O–H groups in total. The molecular formula is C15H19NO3. The highest BCUT2D eigenvalue weighted by molar-refractivity contribution is 5.95. The van der Waals surface area contributed by atoms with Gasteiger partial charge in [0.15, 0.2) is 0 Å². The lowest BCUT2D eigenvalue weighted by Crippen LogP contribution is -2.32. The van der Waals surface area contributed by atoms with Gasteiger partial charge in [-0.2, -0.15) is 0 Å². The average molecular weight is 261 g/mol. The molecule has 0 aliphatic rings. The third kappa shape index (κ3) is 5.86. The average Bonchev–Trinajstić information content (AvgIpc) is 2.33. The molecule has 1 aromatic rings. The monoisotopic (exact) mass is 261 g/mol. The maximum atomic E-state index is 11.9. The third-order valence-corrected chi connectivity index (χ3v) is 2.35. The maximum Gasteiger partial charge on any atom is 0.328 e. The van der Waals surface area contributed by atoms with Crippen molar-refractivity contribution in [3.63, 3.8) is 0 Å². The van der Waals surface area contributed by atoms with Crippen LogP contribution in [-0.2, 0) is 4.79 Å². The predicted molar refractivity (Wildman–Crippen MR) is 74.9 cm³/mol. The van der Waals surface area contributed by atoms with Gasteiger partial charge in [0.1, 0.15) is 0 Å². The summed E-state index contributed by atoms with van der Waals surface area (Å²) in [5, 5.41) is 11.4. The zero-order chi connectivity index (χ0) is 14.5. The van der Waals surface area contributed by atoms with Crippen LogP contribution in [0, 0.1) is 5.41 Å². The van der Waals surface area contributed by atoms with Crippen molar-refractivity contribution in [1.82, 2.24) is 5.32 Å². The van der Waals surface area contributed by atoms with Gasteiger partial charge in [0.05, 0.1) is 0 Å². The zero-order valence-corrected chi connectivity index (χ0v) is 11.4. The fraction of sp³-hybridized carbons (Fsp3) is 0.333. The van der Waals surface area contributed by atoms with Gasteiger partial charge in [-0.3, -0.25) is 4.79 Å². The summed E-state index contributed by atoms with van der Waals surface area (Å²) in [5.74, 6) is -1.16. The molecular weight excluding hydrogens is 242 g/mol. The molecule has 0 saturated heterocycles. The molecule has 0 aromatic heterocycles. The van der Waals surface area contributed by atoms with E-state index in [1.54, 1.807) is 24.3 Å². The van der Waals surface area contributed by atoms with Crippen LogP contribution in [0.3, 0.4) is 0 Å². The Morgan fingerprint density at radius 1 is 1.32 bits per heavy atom. The second-order valence-corrected chi connectivity index (χ2v) is 5.54. The lowest BCUT2D eigenvalue weighted by atomic mass is 9.97. The number of rotatable bonds is 4. The van der Waals surface area contributed by atoms with Gasteiger partial charge in [-0.25, -0.2) is 4.79 Å². The molecule has 0 fully saturated rings. The van der Waals surface area contributed by atoms with Crippen LogP contribution in [0.15, 0.2) is 30.3 Å². The lowest BCUT2D eigenvalue weighted by Gasteiger charge is -2.18. The summed E-state index contributed by atoms with van der Waals surface area (Å²) in [4.78, 5) is 22.4. The number of carbonyl (C=O) groups is 2. The third-order valence-electron chi connectivity index (χ3n) is 2.35. The summed E-state index contributed by atoms with van der Waals surface area (Å²) in [7, 11) is 0. The first-order valence-electron chi connectivity index (χ1n) is 6.07. The van der Waals surface area contributed by atoms with Crippen LogP contribution < -0.4 is 5.32 Å². The molecule has 0 radical (unpaired) electrons. The number of hydrogen-bond donors (Lipinski definition) is 2. The van der Waals surface area contributed by atoms with Gasteiger partial charge in [0, 0.05) is 18.2 Å². The summed E-state index contributed by atoms with van der Waals surface area (Å²) in [6, 6.07) is 6.85. The molecule has 0 aliphatic heterocycles. The van der Waals surface area contributed by atoms with Gasteiger partial charge >= 0.3 is 5.97 Å². The second kappa shape index (κ2) is 6.18. The predicted octanol–water partition coefficient (Wildman–Crippen LogP) is 2.56. The van der Waals surface area contributed by atoms with Gasteiger partial charge in [0.2, 0.25) is 0 Å². The molecule has 102 valence electrons. The Hall–Kier alpha value is -2.10. The molecule has 1 rings (SSSR count). The quantitative estimate of drug-likeness (QED) is 0.819. The molecule has 4 heteroatoms. The van der Waals surface area contributed by atoms with E-state index < -0.39 is 5.97 Å². The first-order valence-corrected chi connectivity index (χ1v) is 6.07. The second-order valence-electron chi connectivity index (χ2n) is 5.54. The minimum Gasteiger partial charge on any atom is -0.478 e. The van der Waals surface area contributed by atoms with Crippen molar-refractivity contribution in [2.75, 3.05) is 6.54 Å². The van der Waals surface area contributed by atoms with E-state index in [0.29, 0.717) is 17.7 Å². The first-order chi connectivity index (χ1) is 8.78. The van der Waals surface area contributed by atoms with Crippen LogP contribution in [-0.4, -0.2) is 23.5 Å². The topological polar surface area (TPSA) is 66.4 Å². The number of carboxylic acid groups (broad SMARTS) is 1. The first kappa shape index (κ1) is 15.0. The van der Waals surface area contributed by atoms with E-state index >= 15 is 0 Å². The molecule has 0 saturated carbocycles. The highest BCUT2D eigenvalue weighted by atomic mass is 16.4. The van der Waals surface area contributed by atoms with E-state index in [9.17, 15) is 9.59 Å². The summed E-state index contributed by atoms with van der Waals surface area (Å²) in [6.45, 7) is 6.71. The molecule has 0 unspecified atom stereocenters. The van der Waals surface area contributed by atoms with Crippen LogP contribution in [0.4, 0.5) is 0 Å². The number of aliphatic carboxylic acids is 1. The van der Waals surface area contributed by atoms with Crippen molar-refractivity contribution in [2.24, 2.45) is 5.41 Å². The standard InChI is InChI=1S/C15H19NO3/c1-15(2,3)10-16-14(19)12-6-4-5-11(9-12)7-8-13(17)18/h4-9H,10H2,1-3H3,(H,16,19)(H,17,18)/b8-7+. The molecule has 1 aromatic carbocycles. The molecule has 0 spiro atoms. The van der Waals surface area contributed by atoms with E-state index in [1.807, 2.05) is 20.8 Å². The van der Waals surface area contributed by atoms with E-state index in [0.717, 1.165) is 6.08 Å². The van der Waals surface area contributed by atoms with E-state index in [-0.39, 0.29) is 11.3 Å². The van der Waals surface area contributed by atoms with E-state index in [1.165, 1.54) is 6.08 Å². The van der Waals surface area contributed by atoms with E-state index in [2.05, 4.69) is 5.32 Å². The highest BCUT2D eigenvalue weighted by Crippen LogP contribution is 2.12. The normalized spacial score (nSPS) is 11.5. The Balaban J connectivity index is 2.76. The Morgan fingerprint density at radius 3 is 2.58 bits per heavy atom. The van der Waals surface area contributed by atoms with Crippen molar-refractivity contribution in [2.45, 2.75) is 20.8 Å². The number of carbonyl (C=O) groups excluding carboxylic acids is 1. The fourth-order valence-corrected chi connectivity index (χ4v) is 1.40.